The summed E-state index contributed by atoms with van der Waals surface area (Å²) in [5.74, 6) is 0.681. The second-order valence-electron chi connectivity index (χ2n) is 8.95. The van der Waals surface area contributed by atoms with Gasteiger partial charge in [0.2, 0.25) is 5.88 Å². The maximum absolute atomic E-state index is 6.21. The van der Waals surface area contributed by atoms with E-state index in [1.165, 1.54) is 11.1 Å². The fraction of sp³-hybridized carbons (Fsp3) is 0.207. The third kappa shape index (κ3) is 4.86. The summed E-state index contributed by atoms with van der Waals surface area (Å²) < 4.78 is 6.21. The van der Waals surface area contributed by atoms with Crippen LogP contribution in [0.1, 0.15) is 37.5 Å². The van der Waals surface area contributed by atoms with Crippen molar-refractivity contribution in [2.24, 2.45) is 0 Å². The molecule has 0 saturated heterocycles. The van der Waals surface area contributed by atoms with E-state index in [4.69, 9.17) is 9.72 Å². The van der Waals surface area contributed by atoms with E-state index in [0.29, 0.717) is 12.5 Å². The Hall–Kier alpha value is -3.39. The molecule has 0 amide bonds. The summed E-state index contributed by atoms with van der Waals surface area (Å²) in [5, 5.41) is 0. The maximum atomic E-state index is 6.21. The van der Waals surface area contributed by atoms with E-state index in [-0.39, 0.29) is 5.41 Å². The average molecular weight is 408 g/mol. The normalized spacial score (nSPS) is 11.4. The molecule has 0 bridgehead atoms. The van der Waals surface area contributed by atoms with Gasteiger partial charge in [0.25, 0.3) is 0 Å². The zero-order valence-corrected chi connectivity index (χ0v) is 18.7. The molecule has 156 valence electrons. The molecule has 0 fully saturated rings. The molecular weight excluding hydrogens is 378 g/mol. The van der Waals surface area contributed by atoms with E-state index < -0.39 is 0 Å². The van der Waals surface area contributed by atoms with E-state index in [0.717, 1.165) is 27.9 Å². The largest absolute Gasteiger partial charge is 0.473 e. The van der Waals surface area contributed by atoms with E-state index in [9.17, 15) is 0 Å². The van der Waals surface area contributed by atoms with E-state index in [1.54, 1.807) is 0 Å². The van der Waals surface area contributed by atoms with Gasteiger partial charge in [-0.15, -0.1) is 0 Å². The van der Waals surface area contributed by atoms with Gasteiger partial charge in [-0.3, -0.25) is 0 Å². The van der Waals surface area contributed by atoms with Gasteiger partial charge in [-0.2, -0.15) is 0 Å². The van der Waals surface area contributed by atoms with Gasteiger partial charge in [-0.05, 0) is 40.7 Å². The molecule has 2 heteroatoms. The van der Waals surface area contributed by atoms with E-state index in [1.807, 2.05) is 36.4 Å². The lowest BCUT2D eigenvalue weighted by molar-refractivity contribution is 0.292. The number of ether oxygens (including phenoxy) is 1. The molecule has 1 aromatic heterocycles. The fourth-order valence-electron chi connectivity index (χ4n) is 3.66. The lowest BCUT2D eigenvalue weighted by atomic mass is 9.86. The Morgan fingerprint density at radius 1 is 0.742 bits per heavy atom. The van der Waals surface area contributed by atoms with Crippen molar-refractivity contribution in [1.82, 2.24) is 4.98 Å². The van der Waals surface area contributed by atoms with Gasteiger partial charge in [0.1, 0.15) is 6.61 Å². The van der Waals surface area contributed by atoms with Gasteiger partial charge in [-0.25, -0.2) is 4.98 Å². The Bertz CT molecular complexity index is 1140. The standard InChI is InChI=1S/C29H29NO/c1-21-26(23-15-17-25(18-16-23)29(2,3)4)19-27(24-13-9-6-10-14-24)30-28(21)31-20-22-11-7-5-8-12-22/h5-19H,20H2,1-4H3. The van der Waals surface area contributed by atoms with Gasteiger partial charge < -0.3 is 4.74 Å². The number of pyridine rings is 1. The molecule has 0 N–H and O–H groups in total. The lowest BCUT2D eigenvalue weighted by Crippen LogP contribution is -2.10. The smallest absolute Gasteiger partial charge is 0.217 e. The van der Waals surface area contributed by atoms with Crippen LogP contribution >= 0.6 is 0 Å². The first-order valence-electron chi connectivity index (χ1n) is 10.8. The van der Waals surface area contributed by atoms with Crippen LogP contribution in [0.2, 0.25) is 0 Å². The highest BCUT2D eigenvalue weighted by Gasteiger charge is 2.16. The van der Waals surface area contributed by atoms with Crippen molar-refractivity contribution in [2.75, 3.05) is 0 Å². The maximum Gasteiger partial charge on any atom is 0.217 e. The minimum absolute atomic E-state index is 0.130. The van der Waals surface area contributed by atoms with Crippen LogP contribution in [0.15, 0.2) is 91.0 Å². The summed E-state index contributed by atoms with van der Waals surface area (Å²) in [6, 6.07) is 31.5. The third-order valence-electron chi connectivity index (χ3n) is 5.58. The third-order valence-corrected chi connectivity index (χ3v) is 5.58. The zero-order valence-electron chi connectivity index (χ0n) is 18.7. The minimum Gasteiger partial charge on any atom is -0.473 e. The molecule has 0 aliphatic carbocycles. The minimum atomic E-state index is 0.130. The quantitative estimate of drug-likeness (QED) is 0.340. The highest BCUT2D eigenvalue weighted by atomic mass is 16.5. The summed E-state index contributed by atoms with van der Waals surface area (Å²) in [4.78, 5) is 4.88. The molecule has 31 heavy (non-hydrogen) atoms. The van der Waals surface area contributed by atoms with E-state index in [2.05, 4.69) is 82.3 Å². The molecule has 0 radical (unpaired) electrons. The highest BCUT2D eigenvalue weighted by Crippen LogP contribution is 2.34. The van der Waals surface area contributed by atoms with Crippen molar-refractivity contribution in [3.05, 3.63) is 108 Å². The SMILES string of the molecule is Cc1c(-c2ccc(C(C)(C)C)cc2)cc(-c2ccccc2)nc1OCc1ccccc1. The van der Waals surface area contributed by atoms with Gasteiger partial charge >= 0.3 is 0 Å². The summed E-state index contributed by atoms with van der Waals surface area (Å²) in [7, 11) is 0. The average Bonchev–Trinajstić information content (AvgIpc) is 2.79. The molecule has 0 atom stereocenters. The van der Waals surface area contributed by atoms with Crippen molar-refractivity contribution in [3.63, 3.8) is 0 Å². The molecule has 0 spiro atoms. The first kappa shape index (κ1) is 20.9. The number of hydrogen-bond donors (Lipinski definition) is 0. The molecular formula is C29H29NO. The highest BCUT2D eigenvalue weighted by molar-refractivity contribution is 5.75. The second-order valence-corrected chi connectivity index (χ2v) is 8.95. The first-order valence-corrected chi connectivity index (χ1v) is 10.8. The molecule has 0 saturated carbocycles. The topological polar surface area (TPSA) is 22.1 Å². The zero-order chi connectivity index (χ0) is 21.8. The number of nitrogens with zero attached hydrogens (tertiary/aromatic N) is 1. The Kier molecular flexibility index (Phi) is 5.90. The number of rotatable bonds is 5. The van der Waals surface area contributed by atoms with Crippen LogP contribution in [0.3, 0.4) is 0 Å². The van der Waals surface area contributed by atoms with Crippen molar-refractivity contribution < 1.29 is 4.74 Å². The van der Waals surface area contributed by atoms with Crippen LogP contribution in [0.4, 0.5) is 0 Å². The van der Waals surface area contributed by atoms with Crippen LogP contribution < -0.4 is 4.74 Å². The fourth-order valence-corrected chi connectivity index (χ4v) is 3.66. The van der Waals surface area contributed by atoms with Crippen molar-refractivity contribution in [3.8, 4) is 28.3 Å². The van der Waals surface area contributed by atoms with E-state index >= 15 is 0 Å². The Balaban J connectivity index is 1.76. The van der Waals surface area contributed by atoms with Gasteiger partial charge in [-0.1, -0.05) is 106 Å². The van der Waals surface area contributed by atoms with Crippen LogP contribution in [0.5, 0.6) is 5.88 Å². The van der Waals surface area contributed by atoms with Gasteiger partial charge in [0, 0.05) is 11.1 Å². The second kappa shape index (κ2) is 8.77. The van der Waals surface area contributed by atoms with Gasteiger partial charge in [0.05, 0.1) is 5.69 Å². The molecule has 4 aromatic rings. The number of hydrogen-bond acceptors (Lipinski definition) is 2. The predicted octanol–water partition coefficient (Wildman–Crippen LogP) is 7.60. The molecule has 4 rings (SSSR count). The Morgan fingerprint density at radius 2 is 1.35 bits per heavy atom. The van der Waals surface area contributed by atoms with Crippen molar-refractivity contribution in [2.45, 2.75) is 39.7 Å². The molecule has 3 aromatic carbocycles. The van der Waals surface area contributed by atoms with Crippen LogP contribution in [-0.2, 0) is 12.0 Å². The Labute approximate surface area is 185 Å². The van der Waals surface area contributed by atoms with Gasteiger partial charge in [0.15, 0.2) is 0 Å². The van der Waals surface area contributed by atoms with Crippen molar-refractivity contribution in [1.29, 1.82) is 0 Å². The molecule has 1 heterocycles. The van der Waals surface area contributed by atoms with Crippen LogP contribution in [0.25, 0.3) is 22.4 Å². The van der Waals surface area contributed by atoms with Crippen molar-refractivity contribution >= 4 is 0 Å². The van der Waals surface area contributed by atoms with Crippen LogP contribution in [-0.4, -0.2) is 4.98 Å². The molecule has 0 aliphatic rings. The van der Waals surface area contributed by atoms with Crippen LogP contribution in [0, 0.1) is 6.92 Å². The molecule has 2 nitrogen and oxygen atoms in total. The lowest BCUT2D eigenvalue weighted by Gasteiger charge is -2.20. The molecule has 0 aliphatic heterocycles. The summed E-state index contributed by atoms with van der Waals surface area (Å²) in [5.41, 5.74) is 7.97. The monoisotopic (exact) mass is 407 g/mol. The first-order chi connectivity index (χ1) is 14.9. The Morgan fingerprint density at radius 3 is 1.97 bits per heavy atom. The predicted molar refractivity (Wildman–Crippen MR) is 129 cm³/mol. The summed E-state index contributed by atoms with van der Waals surface area (Å²) in [6.07, 6.45) is 0. The number of benzene rings is 3. The molecule has 0 unspecified atom stereocenters. The summed E-state index contributed by atoms with van der Waals surface area (Å²) >= 11 is 0. The summed E-state index contributed by atoms with van der Waals surface area (Å²) in [6.45, 7) is 9.30. The number of aromatic nitrogens is 1.